The van der Waals surface area contributed by atoms with Crippen LogP contribution in [0.1, 0.15) is 0 Å². The molecule has 3 aliphatic heterocycles. The van der Waals surface area contributed by atoms with Crippen molar-refractivity contribution in [2.24, 2.45) is 0 Å². The van der Waals surface area contributed by atoms with Gasteiger partial charge < -0.3 is 38.2 Å². The third-order valence-corrected chi connectivity index (χ3v) is 4.72. The molecule has 0 aliphatic carbocycles. The van der Waals surface area contributed by atoms with Gasteiger partial charge in [-0.05, 0) is 0 Å². The third kappa shape index (κ3) is 34.8. The Labute approximate surface area is 275 Å². The predicted octanol–water partition coefficient (Wildman–Crippen LogP) is -2.91. The topological polar surface area (TPSA) is 64.3 Å². The van der Waals surface area contributed by atoms with Crippen LogP contribution in [0.2, 0.25) is 0 Å². The van der Waals surface area contributed by atoms with E-state index in [0.717, 1.165) is 78.9 Å². The van der Waals surface area contributed by atoms with Crippen molar-refractivity contribution in [2.75, 3.05) is 119 Å². The molecule has 3 rings (SSSR count). The zero-order valence-corrected chi connectivity index (χ0v) is 27.3. The van der Waals surface area contributed by atoms with E-state index in [1.54, 1.807) is 0 Å². The quantitative estimate of drug-likeness (QED) is 0.234. The molecule has 3 aliphatic rings. The van der Waals surface area contributed by atoms with E-state index in [1.807, 2.05) is 0 Å². The maximum absolute atomic E-state index is 5.73. The molecule has 0 unspecified atom stereocenters. The van der Waals surface area contributed by atoms with Gasteiger partial charge in [0.2, 0.25) is 0 Å². The van der Waals surface area contributed by atoms with E-state index < -0.39 is 0 Å². The number of fused-ring (bicyclic) bond motifs is 21. The molecule has 1 radical (unpaired) electrons. The van der Waals surface area contributed by atoms with Crippen LogP contribution >= 0.6 is 0 Å². The van der Waals surface area contributed by atoms with Crippen molar-refractivity contribution in [1.29, 1.82) is 0 Å². The standard InChI is InChI=1S/C18H36N2O6.4C2H4.Co.K/c1-7-21-13-14-24-10-4-20-5-11-25-17-15-22-8-2-19(1)3-9-23-16-18-26-12-6-20;4*1-2;;/h1-18H2;4*1-2H2;;/q;;;;;;+1/p+2. The zero-order valence-electron chi connectivity index (χ0n) is 23.2. The SMILES string of the molecule is C1COCC[NH+]2CCOCCOCC[NH+](CCO1)CCOCCOCC2.C=C.C=C.C=C.C=C.[Co].[K+]. The molecule has 0 amide bonds. The maximum atomic E-state index is 5.73. The van der Waals surface area contributed by atoms with Crippen molar-refractivity contribution < 1.29 is 106 Å². The van der Waals surface area contributed by atoms with Gasteiger partial charge in [-0.3, -0.25) is 0 Å². The summed E-state index contributed by atoms with van der Waals surface area (Å²) < 4.78 is 34.4. The average Bonchev–Trinajstić information content (AvgIpc) is 2.91. The second-order valence-electron chi connectivity index (χ2n) is 6.67. The normalized spacial score (nSPS) is 22.4. The van der Waals surface area contributed by atoms with Gasteiger partial charge in [-0.15, -0.1) is 52.6 Å². The Hall–Kier alpha value is 0.783. The Morgan fingerprint density at radius 3 is 0.583 bits per heavy atom. The van der Waals surface area contributed by atoms with Gasteiger partial charge in [0.1, 0.15) is 39.3 Å². The number of rotatable bonds is 0. The first-order valence-corrected chi connectivity index (χ1v) is 12.1. The number of quaternary nitrogens is 2. The Balaban J connectivity index is -0.000000291. The van der Waals surface area contributed by atoms with Crippen LogP contribution in [0.25, 0.3) is 0 Å². The van der Waals surface area contributed by atoms with Crippen molar-refractivity contribution in [3.05, 3.63) is 52.6 Å². The summed E-state index contributed by atoms with van der Waals surface area (Å²) in [6.07, 6.45) is 0. The van der Waals surface area contributed by atoms with E-state index in [1.165, 1.54) is 9.80 Å². The fraction of sp³-hybridized carbons (Fsp3) is 0.692. The minimum absolute atomic E-state index is 0. The van der Waals surface area contributed by atoms with Gasteiger partial charge in [-0.25, -0.2) is 0 Å². The van der Waals surface area contributed by atoms with Gasteiger partial charge in [-0.1, -0.05) is 0 Å². The first kappa shape index (κ1) is 46.6. The van der Waals surface area contributed by atoms with E-state index >= 15 is 0 Å². The van der Waals surface area contributed by atoms with Gasteiger partial charge in [0.15, 0.2) is 0 Å². The summed E-state index contributed by atoms with van der Waals surface area (Å²) in [4.78, 5) is 2.88. The summed E-state index contributed by atoms with van der Waals surface area (Å²) in [7, 11) is 0. The van der Waals surface area contributed by atoms with E-state index in [4.69, 9.17) is 28.4 Å². The van der Waals surface area contributed by atoms with Gasteiger partial charge in [0.05, 0.1) is 79.3 Å². The van der Waals surface area contributed by atoms with Gasteiger partial charge in [0, 0.05) is 16.8 Å². The Kier molecular flexibility index (Phi) is 59.2. The minimum Gasteiger partial charge on any atom is -0.373 e. The van der Waals surface area contributed by atoms with Gasteiger partial charge in [0.25, 0.3) is 0 Å². The zero-order chi connectivity index (χ0) is 26.1. The first-order chi connectivity index (χ1) is 16.9. The molecular formula is C26H54CoKN2O6+3. The first-order valence-electron chi connectivity index (χ1n) is 12.1. The molecule has 2 N–H and O–H groups in total. The number of hydrogen-bond acceptors (Lipinski definition) is 6. The fourth-order valence-electron chi connectivity index (χ4n) is 3.01. The molecule has 0 aromatic heterocycles. The summed E-state index contributed by atoms with van der Waals surface area (Å²) in [5.74, 6) is 0. The number of nitrogens with one attached hydrogen (secondary N) is 2. The van der Waals surface area contributed by atoms with E-state index in [9.17, 15) is 0 Å². The van der Waals surface area contributed by atoms with E-state index in [-0.39, 0.29) is 68.2 Å². The summed E-state index contributed by atoms with van der Waals surface area (Å²) in [5, 5.41) is 0. The largest absolute Gasteiger partial charge is 1.00 e. The van der Waals surface area contributed by atoms with Crippen LogP contribution < -0.4 is 61.2 Å². The van der Waals surface area contributed by atoms with Crippen molar-refractivity contribution in [2.45, 2.75) is 0 Å². The van der Waals surface area contributed by atoms with E-state index in [0.29, 0.717) is 39.6 Å². The molecule has 36 heavy (non-hydrogen) atoms. The Bertz CT molecular complexity index is 307. The number of ether oxygens (including phenoxy) is 6. The fourth-order valence-corrected chi connectivity index (χ4v) is 3.01. The Morgan fingerprint density at radius 2 is 0.444 bits per heavy atom. The third-order valence-electron chi connectivity index (χ3n) is 4.72. The molecule has 211 valence electrons. The minimum atomic E-state index is 0. The smallest absolute Gasteiger partial charge is 0.373 e. The summed E-state index contributed by atoms with van der Waals surface area (Å²) in [6.45, 7) is 38.1. The molecule has 0 saturated carbocycles. The average molecular weight is 589 g/mol. The van der Waals surface area contributed by atoms with Crippen LogP contribution in [0.4, 0.5) is 0 Å². The second-order valence-corrected chi connectivity index (χ2v) is 6.67. The molecule has 0 spiro atoms. The summed E-state index contributed by atoms with van der Waals surface area (Å²) >= 11 is 0. The van der Waals surface area contributed by atoms with Crippen LogP contribution in [0.5, 0.6) is 0 Å². The van der Waals surface area contributed by atoms with Crippen molar-refractivity contribution in [3.8, 4) is 0 Å². The molecular weight excluding hydrogens is 534 g/mol. The summed E-state index contributed by atoms with van der Waals surface area (Å²) in [5.41, 5.74) is 0. The molecule has 2 bridgehead atoms. The van der Waals surface area contributed by atoms with Gasteiger partial charge in [-0.2, -0.15) is 0 Å². The monoisotopic (exact) mass is 588 g/mol. The second kappa shape index (κ2) is 45.7. The maximum Gasteiger partial charge on any atom is 1.00 e. The molecule has 0 aromatic carbocycles. The Morgan fingerprint density at radius 1 is 0.306 bits per heavy atom. The number of hydrogen-bond donors (Lipinski definition) is 2. The summed E-state index contributed by atoms with van der Waals surface area (Å²) in [6, 6.07) is 0. The van der Waals surface area contributed by atoms with Crippen molar-refractivity contribution >= 4 is 0 Å². The molecule has 0 aromatic rings. The van der Waals surface area contributed by atoms with Crippen molar-refractivity contribution in [1.82, 2.24) is 0 Å². The molecule has 3 fully saturated rings. The van der Waals surface area contributed by atoms with E-state index in [2.05, 4.69) is 52.6 Å². The van der Waals surface area contributed by atoms with Crippen LogP contribution in [-0.4, -0.2) is 119 Å². The van der Waals surface area contributed by atoms with Crippen molar-refractivity contribution in [3.63, 3.8) is 0 Å². The van der Waals surface area contributed by atoms with Gasteiger partial charge >= 0.3 is 51.4 Å². The van der Waals surface area contributed by atoms with Crippen LogP contribution in [-0.2, 0) is 45.2 Å². The molecule has 8 nitrogen and oxygen atoms in total. The predicted molar refractivity (Wildman–Crippen MR) is 141 cm³/mol. The molecule has 10 heteroatoms. The van der Waals surface area contributed by atoms with Crippen LogP contribution in [0, 0.1) is 0 Å². The molecule has 0 atom stereocenters. The van der Waals surface area contributed by atoms with Crippen LogP contribution in [0.15, 0.2) is 52.6 Å². The van der Waals surface area contributed by atoms with Crippen LogP contribution in [0.3, 0.4) is 0 Å². The molecule has 3 saturated heterocycles. The molecule has 3 heterocycles.